The first kappa shape index (κ1) is 14.7. The van der Waals surface area contributed by atoms with E-state index in [1.807, 2.05) is 0 Å². The molecule has 0 atom stereocenters. The Hall–Kier alpha value is -2.37. The van der Waals surface area contributed by atoms with Crippen LogP contribution in [0.3, 0.4) is 0 Å². The highest BCUT2D eigenvalue weighted by atomic mass is 19.1. The molecule has 0 aliphatic carbocycles. The van der Waals surface area contributed by atoms with E-state index in [9.17, 15) is 14.0 Å². The third-order valence-corrected chi connectivity index (χ3v) is 2.47. The van der Waals surface area contributed by atoms with Gasteiger partial charge in [-0.15, -0.1) is 6.58 Å². The molecule has 6 heteroatoms. The molecule has 0 bridgehead atoms. The van der Waals surface area contributed by atoms with Crippen LogP contribution in [0.4, 0.5) is 14.9 Å². The van der Waals surface area contributed by atoms with Crippen molar-refractivity contribution in [1.82, 2.24) is 4.90 Å². The molecule has 102 valence electrons. The van der Waals surface area contributed by atoms with E-state index in [0.29, 0.717) is 13.1 Å². The van der Waals surface area contributed by atoms with Gasteiger partial charge in [0.25, 0.3) is 0 Å². The molecule has 0 aliphatic heterocycles. The molecule has 0 radical (unpaired) electrons. The van der Waals surface area contributed by atoms with Gasteiger partial charge in [-0.3, -0.25) is 0 Å². The van der Waals surface area contributed by atoms with E-state index in [0.717, 1.165) is 12.1 Å². The Labute approximate surface area is 110 Å². The second-order valence-electron chi connectivity index (χ2n) is 3.76. The second kappa shape index (κ2) is 6.53. The van der Waals surface area contributed by atoms with Gasteiger partial charge in [0.1, 0.15) is 5.82 Å². The van der Waals surface area contributed by atoms with Gasteiger partial charge >= 0.3 is 12.0 Å². The quantitative estimate of drug-likeness (QED) is 0.805. The van der Waals surface area contributed by atoms with Crippen molar-refractivity contribution in [2.45, 2.75) is 6.92 Å². The minimum Gasteiger partial charge on any atom is -0.478 e. The van der Waals surface area contributed by atoms with Gasteiger partial charge in [-0.25, -0.2) is 14.0 Å². The fourth-order valence-corrected chi connectivity index (χ4v) is 1.48. The average Bonchev–Trinajstić information content (AvgIpc) is 2.37. The number of rotatable bonds is 5. The molecule has 2 amide bonds. The number of aromatic carboxylic acids is 1. The van der Waals surface area contributed by atoms with Gasteiger partial charge in [0.05, 0.1) is 5.56 Å². The van der Waals surface area contributed by atoms with Gasteiger partial charge < -0.3 is 15.3 Å². The fraction of sp³-hybridized carbons (Fsp3) is 0.231. The van der Waals surface area contributed by atoms with E-state index in [4.69, 9.17) is 5.11 Å². The summed E-state index contributed by atoms with van der Waals surface area (Å²) >= 11 is 0. The van der Waals surface area contributed by atoms with Crippen LogP contribution in [0.1, 0.15) is 17.3 Å². The first-order chi connectivity index (χ1) is 8.99. The first-order valence-electron chi connectivity index (χ1n) is 5.69. The van der Waals surface area contributed by atoms with Crippen molar-refractivity contribution < 1.29 is 19.1 Å². The molecule has 0 saturated heterocycles. The van der Waals surface area contributed by atoms with Crippen molar-refractivity contribution in [2.75, 3.05) is 18.4 Å². The summed E-state index contributed by atoms with van der Waals surface area (Å²) in [5, 5.41) is 11.3. The molecule has 19 heavy (non-hydrogen) atoms. The molecule has 1 aromatic rings. The number of hydrogen-bond donors (Lipinski definition) is 2. The van der Waals surface area contributed by atoms with Crippen LogP contribution in [-0.2, 0) is 0 Å². The van der Waals surface area contributed by atoms with Crippen LogP contribution in [-0.4, -0.2) is 35.1 Å². The van der Waals surface area contributed by atoms with E-state index in [1.54, 1.807) is 13.0 Å². The molecule has 5 nitrogen and oxygen atoms in total. The average molecular weight is 266 g/mol. The number of carbonyl (C=O) groups is 2. The Morgan fingerprint density at radius 2 is 2.21 bits per heavy atom. The maximum absolute atomic E-state index is 13.2. The molecular weight excluding hydrogens is 251 g/mol. The van der Waals surface area contributed by atoms with E-state index in [2.05, 4.69) is 11.9 Å². The monoisotopic (exact) mass is 266 g/mol. The summed E-state index contributed by atoms with van der Waals surface area (Å²) in [6, 6.07) is 2.99. The zero-order chi connectivity index (χ0) is 14.4. The van der Waals surface area contributed by atoms with Crippen molar-refractivity contribution >= 4 is 17.7 Å². The van der Waals surface area contributed by atoms with Crippen LogP contribution < -0.4 is 5.32 Å². The minimum absolute atomic E-state index is 0.228. The van der Waals surface area contributed by atoms with E-state index >= 15 is 0 Å². The fourth-order valence-electron chi connectivity index (χ4n) is 1.48. The lowest BCUT2D eigenvalue weighted by Gasteiger charge is -2.19. The third-order valence-electron chi connectivity index (χ3n) is 2.47. The Morgan fingerprint density at radius 1 is 1.53 bits per heavy atom. The molecule has 0 unspecified atom stereocenters. The number of nitrogens with one attached hydrogen (secondary N) is 1. The number of benzene rings is 1. The van der Waals surface area contributed by atoms with Crippen molar-refractivity contribution in [3.63, 3.8) is 0 Å². The number of anilines is 1. The van der Waals surface area contributed by atoms with Crippen LogP contribution in [0.15, 0.2) is 30.9 Å². The van der Waals surface area contributed by atoms with Crippen molar-refractivity contribution in [3.05, 3.63) is 42.2 Å². The van der Waals surface area contributed by atoms with Crippen LogP contribution >= 0.6 is 0 Å². The number of carbonyl (C=O) groups excluding carboxylic acids is 1. The first-order valence-corrected chi connectivity index (χ1v) is 5.69. The SMILES string of the molecule is C=CCN(CC)C(=O)Nc1ccc(F)c(C(=O)O)c1. The Bertz CT molecular complexity index is 503. The summed E-state index contributed by atoms with van der Waals surface area (Å²) in [4.78, 5) is 24.1. The van der Waals surface area contributed by atoms with Gasteiger partial charge in [0.15, 0.2) is 0 Å². The highest BCUT2D eigenvalue weighted by Crippen LogP contribution is 2.15. The zero-order valence-electron chi connectivity index (χ0n) is 10.5. The number of nitrogens with zero attached hydrogens (tertiary/aromatic N) is 1. The Morgan fingerprint density at radius 3 is 2.74 bits per heavy atom. The smallest absolute Gasteiger partial charge is 0.338 e. The standard InChI is InChI=1S/C13H15FN2O3/c1-3-7-16(4-2)13(19)15-9-5-6-11(14)10(8-9)12(17)18/h3,5-6,8H,1,4,7H2,2H3,(H,15,19)(H,17,18). The molecule has 0 spiro atoms. The summed E-state index contributed by atoms with van der Waals surface area (Å²) in [7, 11) is 0. The number of likely N-dealkylation sites (N-methyl/N-ethyl adjacent to an activating group) is 1. The summed E-state index contributed by atoms with van der Waals surface area (Å²) in [5.74, 6) is -2.23. The van der Waals surface area contributed by atoms with E-state index in [-0.39, 0.29) is 5.69 Å². The molecular formula is C13H15FN2O3. The van der Waals surface area contributed by atoms with Crippen LogP contribution in [0.25, 0.3) is 0 Å². The molecule has 0 aliphatic rings. The Balaban J connectivity index is 2.87. The van der Waals surface area contributed by atoms with Gasteiger partial charge in [0.2, 0.25) is 0 Å². The summed E-state index contributed by atoms with van der Waals surface area (Å²) in [5.41, 5.74) is -0.254. The van der Waals surface area contributed by atoms with Crippen LogP contribution in [0.5, 0.6) is 0 Å². The third kappa shape index (κ3) is 3.80. The number of halogens is 1. The summed E-state index contributed by atoms with van der Waals surface area (Å²) in [6.07, 6.45) is 1.58. The Kier molecular flexibility index (Phi) is 5.05. The molecule has 0 heterocycles. The molecule has 2 N–H and O–H groups in total. The van der Waals surface area contributed by atoms with Gasteiger partial charge in [-0.1, -0.05) is 6.08 Å². The van der Waals surface area contributed by atoms with Crippen LogP contribution in [0.2, 0.25) is 0 Å². The highest BCUT2D eigenvalue weighted by molar-refractivity contribution is 5.93. The van der Waals surface area contributed by atoms with Crippen molar-refractivity contribution in [1.29, 1.82) is 0 Å². The predicted octanol–water partition coefficient (Wildman–Crippen LogP) is 2.56. The summed E-state index contributed by atoms with van der Waals surface area (Å²) in [6.45, 7) is 6.19. The van der Waals surface area contributed by atoms with Crippen molar-refractivity contribution in [3.8, 4) is 0 Å². The molecule has 1 rings (SSSR count). The van der Waals surface area contributed by atoms with E-state index in [1.165, 1.54) is 11.0 Å². The highest BCUT2D eigenvalue weighted by Gasteiger charge is 2.14. The zero-order valence-corrected chi connectivity index (χ0v) is 10.5. The number of carboxylic acids is 1. The van der Waals surface area contributed by atoms with Gasteiger partial charge in [0, 0.05) is 18.8 Å². The maximum Gasteiger partial charge on any atom is 0.338 e. The lowest BCUT2D eigenvalue weighted by Crippen LogP contribution is -2.34. The van der Waals surface area contributed by atoms with Gasteiger partial charge in [-0.2, -0.15) is 0 Å². The summed E-state index contributed by atoms with van der Waals surface area (Å²) < 4.78 is 13.2. The molecule has 0 aromatic heterocycles. The maximum atomic E-state index is 13.2. The molecule has 0 saturated carbocycles. The lowest BCUT2D eigenvalue weighted by atomic mass is 10.2. The van der Waals surface area contributed by atoms with Crippen molar-refractivity contribution in [2.24, 2.45) is 0 Å². The number of carboxylic acid groups (broad SMARTS) is 1. The number of urea groups is 1. The second-order valence-corrected chi connectivity index (χ2v) is 3.76. The normalized spacial score (nSPS) is 9.79. The largest absolute Gasteiger partial charge is 0.478 e. The topological polar surface area (TPSA) is 69.6 Å². The lowest BCUT2D eigenvalue weighted by molar-refractivity contribution is 0.0692. The molecule has 1 aromatic carbocycles. The minimum atomic E-state index is -1.38. The number of hydrogen-bond acceptors (Lipinski definition) is 2. The van der Waals surface area contributed by atoms with E-state index < -0.39 is 23.4 Å². The molecule has 0 fully saturated rings. The van der Waals surface area contributed by atoms with Crippen LogP contribution in [0, 0.1) is 5.82 Å². The van der Waals surface area contributed by atoms with Gasteiger partial charge in [-0.05, 0) is 25.1 Å². The predicted molar refractivity (Wildman–Crippen MR) is 69.8 cm³/mol. The number of amides is 2.